The van der Waals surface area contributed by atoms with Gasteiger partial charge in [0.1, 0.15) is 11.3 Å². The molecule has 36 heavy (non-hydrogen) atoms. The van der Waals surface area contributed by atoms with Crippen LogP contribution in [0.5, 0.6) is 0 Å². The summed E-state index contributed by atoms with van der Waals surface area (Å²) >= 11 is 0. The van der Waals surface area contributed by atoms with Crippen molar-refractivity contribution in [2.75, 3.05) is 13.2 Å². The minimum Gasteiger partial charge on any atom is -0.461 e. The van der Waals surface area contributed by atoms with Gasteiger partial charge in [0.15, 0.2) is 5.78 Å². The predicted octanol–water partition coefficient (Wildman–Crippen LogP) is 5.67. The van der Waals surface area contributed by atoms with Crippen molar-refractivity contribution in [2.45, 2.75) is 84.3 Å². The Labute approximate surface area is 214 Å². The number of aryl methyl sites for hydroxylation is 1. The molecule has 1 aromatic carbocycles. The molecule has 2 aromatic rings. The van der Waals surface area contributed by atoms with Gasteiger partial charge in [-0.2, -0.15) is 0 Å². The van der Waals surface area contributed by atoms with Gasteiger partial charge < -0.3 is 14.0 Å². The Morgan fingerprint density at radius 3 is 2.42 bits per heavy atom. The number of rotatable bonds is 6. The van der Waals surface area contributed by atoms with Crippen LogP contribution < -0.4 is 0 Å². The summed E-state index contributed by atoms with van der Waals surface area (Å²) < 4.78 is 12.7. The average molecular weight is 497 g/mol. The van der Waals surface area contributed by atoms with Crippen LogP contribution in [0.1, 0.15) is 82.3 Å². The first kappa shape index (κ1) is 26.2. The third-order valence-corrected chi connectivity index (χ3v) is 7.63. The first-order valence-electron chi connectivity index (χ1n) is 13.4. The lowest BCUT2D eigenvalue weighted by molar-refractivity contribution is -0.124. The summed E-state index contributed by atoms with van der Waals surface area (Å²) in [6, 6.07) is 7.22. The van der Waals surface area contributed by atoms with Crippen molar-refractivity contribution in [3.8, 4) is 0 Å². The Morgan fingerprint density at radius 1 is 1.03 bits per heavy atom. The lowest BCUT2D eigenvalue weighted by Crippen LogP contribution is -2.47. The maximum atomic E-state index is 13.8. The van der Waals surface area contributed by atoms with Crippen molar-refractivity contribution in [2.24, 2.45) is 18.9 Å². The Hall–Kier alpha value is -2.83. The van der Waals surface area contributed by atoms with Crippen molar-refractivity contribution in [3.63, 3.8) is 0 Å². The quantitative estimate of drug-likeness (QED) is 0.482. The third-order valence-electron chi connectivity index (χ3n) is 7.63. The van der Waals surface area contributed by atoms with E-state index in [2.05, 4.69) is 0 Å². The lowest BCUT2D eigenvalue weighted by Gasteiger charge is -2.34. The highest BCUT2D eigenvalue weighted by molar-refractivity contribution is 5.96. The maximum absolute atomic E-state index is 13.8. The summed E-state index contributed by atoms with van der Waals surface area (Å²) in [6.07, 6.45) is 6.60. The van der Waals surface area contributed by atoms with Crippen molar-refractivity contribution < 1.29 is 23.9 Å². The van der Waals surface area contributed by atoms with E-state index in [9.17, 15) is 14.4 Å². The van der Waals surface area contributed by atoms with Gasteiger partial charge >= 0.3 is 12.1 Å². The predicted molar refractivity (Wildman–Crippen MR) is 139 cm³/mol. The van der Waals surface area contributed by atoms with Crippen LogP contribution in [0.3, 0.4) is 0 Å². The van der Waals surface area contributed by atoms with Gasteiger partial charge in [-0.3, -0.25) is 9.69 Å². The molecule has 2 fully saturated rings. The van der Waals surface area contributed by atoms with Crippen LogP contribution in [-0.2, 0) is 27.7 Å². The van der Waals surface area contributed by atoms with E-state index in [1.807, 2.05) is 56.7 Å². The van der Waals surface area contributed by atoms with Gasteiger partial charge in [0.25, 0.3) is 0 Å². The normalized spacial score (nSPS) is 21.1. The number of Topliss-reactive ketones (excluding diaryl/α,β-unsaturated/α-hetero) is 1. The first-order valence-corrected chi connectivity index (χ1v) is 13.4. The number of fused-ring (bicyclic) bond motifs is 1. The molecule has 0 N–H and O–H groups in total. The highest BCUT2D eigenvalue weighted by Crippen LogP contribution is 2.40. The number of esters is 1. The number of benzene rings is 1. The largest absolute Gasteiger partial charge is 0.461 e. The van der Waals surface area contributed by atoms with Crippen LogP contribution in [-0.4, -0.2) is 52.1 Å². The minimum absolute atomic E-state index is 0.0647. The molecule has 0 unspecified atom stereocenters. The van der Waals surface area contributed by atoms with Gasteiger partial charge in [-0.05, 0) is 69.7 Å². The molecule has 4 rings (SSSR count). The molecule has 1 amide bonds. The standard InChI is InChI=1S/C29H40N2O5/c1-6-35-27(33)24-18-21-16-19(12-13-23(21)30(24)5)17-25(32)26-22(20-10-8-7-9-11-20)14-15-31(26)28(34)36-29(2,3)4/h12-13,16,18,20,22,26H,6-11,14-15,17H2,1-5H3/t22-,26-/m0/s1. The zero-order valence-electron chi connectivity index (χ0n) is 22.3. The van der Waals surface area contributed by atoms with E-state index in [-0.39, 0.29) is 24.1 Å². The van der Waals surface area contributed by atoms with Crippen LogP contribution in [0.15, 0.2) is 24.3 Å². The molecule has 196 valence electrons. The number of carbonyl (C=O) groups excluding carboxylic acids is 3. The first-order chi connectivity index (χ1) is 17.1. The Morgan fingerprint density at radius 2 is 1.75 bits per heavy atom. The molecule has 2 atom stereocenters. The monoisotopic (exact) mass is 496 g/mol. The number of likely N-dealkylation sites (tertiary alicyclic amines) is 1. The SMILES string of the molecule is CCOC(=O)c1cc2cc(CC(=O)[C@@H]3[C@H](C4CCCCC4)CCN3C(=O)OC(C)(C)C)ccc2n1C. The number of ketones is 1. The molecule has 2 heterocycles. The van der Waals surface area contributed by atoms with Crippen molar-refractivity contribution in [1.82, 2.24) is 9.47 Å². The molecule has 0 radical (unpaired) electrons. The van der Waals surface area contributed by atoms with Crippen LogP contribution in [0, 0.1) is 11.8 Å². The van der Waals surface area contributed by atoms with Gasteiger partial charge in [-0.1, -0.05) is 38.2 Å². The highest BCUT2D eigenvalue weighted by atomic mass is 16.6. The Balaban J connectivity index is 1.58. The summed E-state index contributed by atoms with van der Waals surface area (Å²) in [7, 11) is 1.84. The summed E-state index contributed by atoms with van der Waals surface area (Å²) in [4.78, 5) is 40.9. The molecule has 1 saturated heterocycles. The molecule has 1 aliphatic heterocycles. The summed E-state index contributed by atoms with van der Waals surface area (Å²) in [6.45, 7) is 8.24. The zero-order chi connectivity index (χ0) is 26.0. The molecule has 1 saturated carbocycles. The van der Waals surface area contributed by atoms with Crippen LogP contribution >= 0.6 is 0 Å². The van der Waals surface area contributed by atoms with Crippen LogP contribution in [0.4, 0.5) is 4.79 Å². The number of hydrogen-bond acceptors (Lipinski definition) is 5. The van der Waals surface area contributed by atoms with Crippen LogP contribution in [0.2, 0.25) is 0 Å². The van der Waals surface area contributed by atoms with E-state index in [4.69, 9.17) is 9.47 Å². The van der Waals surface area contributed by atoms with Crippen molar-refractivity contribution in [1.29, 1.82) is 0 Å². The van der Waals surface area contributed by atoms with Crippen molar-refractivity contribution >= 4 is 28.7 Å². The van der Waals surface area contributed by atoms with E-state index >= 15 is 0 Å². The molecule has 1 aromatic heterocycles. The summed E-state index contributed by atoms with van der Waals surface area (Å²) in [5, 5.41) is 0.894. The number of hydrogen-bond donors (Lipinski definition) is 0. The topological polar surface area (TPSA) is 77.8 Å². The molecule has 0 bridgehead atoms. The summed E-state index contributed by atoms with van der Waals surface area (Å²) in [5.41, 5.74) is 1.67. The number of amides is 1. The number of nitrogens with zero attached hydrogens (tertiary/aromatic N) is 2. The van der Waals surface area contributed by atoms with Crippen molar-refractivity contribution in [3.05, 3.63) is 35.5 Å². The zero-order valence-corrected chi connectivity index (χ0v) is 22.3. The van der Waals surface area contributed by atoms with E-state index in [0.717, 1.165) is 35.7 Å². The fourth-order valence-corrected chi connectivity index (χ4v) is 6.03. The second-order valence-electron chi connectivity index (χ2n) is 11.3. The van der Waals surface area contributed by atoms with E-state index < -0.39 is 17.7 Å². The molecule has 0 spiro atoms. The molecule has 7 nitrogen and oxygen atoms in total. The third kappa shape index (κ3) is 5.60. The molecule has 2 aliphatic rings. The lowest BCUT2D eigenvalue weighted by atomic mass is 9.75. The number of aromatic nitrogens is 1. The maximum Gasteiger partial charge on any atom is 0.410 e. The molecule has 7 heteroatoms. The van der Waals surface area contributed by atoms with E-state index in [1.54, 1.807) is 11.8 Å². The van der Waals surface area contributed by atoms with Gasteiger partial charge in [-0.25, -0.2) is 9.59 Å². The van der Waals surface area contributed by atoms with E-state index in [1.165, 1.54) is 19.3 Å². The molecular weight excluding hydrogens is 456 g/mol. The van der Waals surface area contributed by atoms with Gasteiger partial charge in [0.05, 0.1) is 12.6 Å². The van der Waals surface area contributed by atoms with Gasteiger partial charge in [-0.15, -0.1) is 0 Å². The fourth-order valence-electron chi connectivity index (χ4n) is 6.03. The van der Waals surface area contributed by atoms with Gasteiger partial charge in [0.2, 0.25) is 0 Å². The fraction of sp³-hybridized carbons (Fsp3) is 0.621. The molecule has 1 aliphatic carbocycles. The average Bonchev–Trinajstić information content (AvgIpc) is 3.41. The van der Waals surface area contributed by atoms with Gasteiger partial charge in [0, 0.05) is 30.9 Å². The minimum atomic E-state index is -0.609. The Bertz CT molecular complexity index is 1120. The number of ether oxygens (including phenoxy) is 2. The summed E-state index contributed by atoms with van der Waals surface area (Å²) in [5.74, 6) is 0.364. The van der Waals surface area contributed by atoms with Crippen LogP contribution in [0.25, 0.3) is 10.9 Å². The number of carbonyl (C=O) groups is 3. The smallest absolute Gasteiger partial charge is 0.410 e. The van der Waals surface area contributed by atoms with E-state index in [0.29, 0.717) is 24.8 Å². The molecular formula is C29H40N2O5. The highest BCUT2D eigenvalue weighted by Gasteiger charge is 2.46. The second kappa shape index (κ2) is 10.7. The second-order valence-corrected chi connectivity index (χ2v) is 11.3. The Kier molecular flexibility index (Phi) is 7.76.